The Morgan fingerprint density at radius 3 is 2.64 bits per heavy atom. The molecule has 0 saturated carbocycles. The maximum atomic E-state index is 12.2. The quantitative estimate of drug-likeness (QED) is 0.754. The van der Waals surface area contributed by atoms with Crippen LogP contribution in [0.2, 0.25) is 0 Å². The monoisotopic (exact) mass is 327 g/mol. The van der Waals surface area contributed by atoms with Crippen LogP contribution in [-0.2, 0) is 25.4 Å². The molecule has 0 radical (unpaired) electrons. The molecule has 2 aromatic rings. The van der Waals surface area contributed by atoms with Crippen molar-refractivity contribution < 1.29 is 4.79 Å². The molecule has 2 heterocycles. The van der Waals surface area contributed by atoms with Gasteiger partial charge in [-0.05, 0) is 6.42 Å². The molecule has 0 saturated heterocycles. The van der Waals surface area contributed by atoms with Gasteiger partial charge in [0.25, 0.3) is 5.56 Å². The molecular formula is C13H18ClN5O3. The van der Waals surface area contributed by atoms with Crippen LogP contribution in [0.5, 0.6) is 0 Å². The molecule has 9 heteroatoms. The zero-order valence-corrected chi connectivity index (χ0v) is 13.4. The molecule has 0 aliphatic rings. The first-order chi connectivity index (χ1) is 10.4. The summed E-state index contributed by atoms with van der Waals surface area (Å²) in [7, 11) is 2.92. The molecule has 0 bridgehead atoms. The van der Waals surface area contributed by atoms with E-state index in [4.69, 9.17) is 11.6 Å². The number of rotatable bonds is 5. The van der Waals surface area contributed by atoms with Crippen LogP contribution in [0.1, 0.15) is 13.3 Å². The summed E-state index contributed by atoms with van der Waals surface area (Å²) in [4.78, 5) is 40.2. The van der Waals surface area contributed by atoms with Gasteiger partial charge in [0, 0.05) is 26.0 Å². The van der Waals surface area contributed by atoms with E-state index < -0.39 is 11.2 Å². The van der Waals surface area contributed by atoms with Crippen molar-refractivity contribution in [1.29, 1.82) is 0 Å². The largest absolute Gasteiger partial charge is 0.351 e. The lowest BCUT2D eigenvalue weighted by atomic mass is 10.2. The van der Waals surface area contributed by atoms with E-state index in [9.17, 15) is 14.4 Å². The predicted molar refractivity (Wildman–Crippen MR) is 83.2 cm³/mol. The predicted octanol–water partition coefficient (Wildman–Crippen LogP) is -0.433. The van der Waals surface area contributed by atoms with Crippen molar-refractivity contribution in [3.63, 3.8) is 0 Å². The van der Waals surface area contributed by atoms with Crippen molar-refractivity contribution in [2.24, 2.45) is 14.1 Å². The van der Waals surface area contributed by atoms with Gasteiger partial charge in [-0.15, -0.1) is 11.6 Å². The number of imidazole rings is 1. The zero-order chi connectivity index (χ0) is 16.4. The van der Waals surface area contributed by atoms with Crippen LogP contribution < -0.4 is 16.6 Å². The fraction of sp³-hybridized carbons (Fsp3) is 0.538. The second-order valence-corrected chi connectivity index (χ2v) is 5.39. The maximum Gasteiger partial charge on any atom is 0.332 e. The molecule has 120 valence electrons. The molecular weight excluding hydrogens is 310 g/mol. The Morgan fingerprint density at radius 1 is 1.36 bits per heavy atom. The third-order valence-corrected chi connectivity index (χ3v) is 3.95. The van der Waals surface area contributed by atoms with Gasteiger partial charge in [-0.25, -0.2) is 9.78 Å². The Morgan fingerprint density at radius 2 is 2.05 bits per heavy atom. The number of aryl methyl sites for hydroxylation is 1. The molecule has 0 aromatic carbocycles. The van der Waals surface area contributed by atoms with Gasteiger partial charge in [0.1, 0.15) is 6.54 Å². The zero-order valence-electron chi connectivity index (χ0n) is 12.7. The van der Waals surface area contributed by atoms with Crippen molar-refractivity contribution in [2.75, 3.05) is 5.88 Å². The van der Waals surface area contributed by atoms with Crippen molar-refractivity contribution in [3.05, 3.63) is 27.2 Å². The van der Waals surface area contributed by atoms with Crippen molar-refractivity contribution in [1.82, 2.24) is 24.0 Å². The molecule has 1 amide bonds. The van der Waals surface area contributed by atoms with Gasteiger partial charge >= 0.3 is 5.69 Å². The molecule has 0 aliphatic heterocycles. The highest BCUT2D eigenvalue weighted by Gasteiger charge is 2.16. The first kappa shape index (κ1) is 16.3. The summed E-state index contributed by atoms with van der Waals surface area (Å²) in [6.45, 7) is 1.86. The summed E-state index contributed by atoms with van der Waals surface area (Å²) in [5, 5.41) is 2.78. The number of carbonyl (C=O) groups is 1. The van der Waals surface area contributed by atoms with Gasteiger partial charge in [0.2, 0.25) is 5.91 Å². The number of hydrogen-bond donors (Lipinski definition) is 1. The number of amides is 1. The van der Waals surface area contributed by atoms with Crippen LogP contribution >= 0.6 is 11.6 Å². The normalized spacial score (nSPS) is 12.5. The summed E-state index contributed by atoms with van der Waals surface area (Å²) in [6, 6.07) is -0.115. The van der Waals surface area contributed by atoms with E-state index in [0.29, 0.717) is 5.88 Å². The lowest BCUT2D eigenvalue weighted by Gasteiger charge is -2.14. The molecule has 0 fully saturated rings. The Kier molecular flexibility index (Phi) is 4.70. The summed E-state index contributed by atoms with van der Waals surface area (Å²) in [5.74, 6) is 0.0612. The van der Waals surface area contributed by atoms with Gasteiger partial charge in [-0.2, -0.15) is 0 Å². The van der Waals surface area contributed by atoms with Gasteiger partial charge < -0.3 is 9.88 Å². The highest BCUT2D eigenvalue weighted by molar-refractivity contribution is 6.18. The molecule has 2 aromatic heterocycles. The van der Waals surface area contributed by atoms with Crippen LogP contribution in [0, 0.1) is 0 Å². The number of carbonyl (C=O) groups excluding carboxylic acids is 1. The van der Waals surface area contributed by atoms with Crippen LogP contribution in [0.15, 0.2) is 15.9 Å². The maximum absolute atomic E-state index is 12.2. The molecule has 0 spiro atoms. The Labute approximate surface area is 131 Å². The molecule has 1 N–H and O–H groups in total. The van der Waals surface area contributed by atoms with Crippen LogP contribution in [-0.4, -0.2) is 36.5 Å². The van der Waals surface area contributed by atoms with Gasteiger partial charge in [-0.3, -0.25) is 18.7 Å². The van der Waals surface area contributed by atoms with E-state index in [-0.39, 0.29) is 29.7 Å². The number of halogens is 1. The first-order valence-electron chi connectivity index (χ1n) is 6.86. The standard InChI is InChI=1S/C13H18ClN5O3/c1-4-8(5-14)16-9(20)6-19-7-15-11-10(19)12(21)18(3)13(22)17(11)2/h7-8H,4-6H2,1-3H3,(H,16,20). The second-order valence-electron chi connectivity index (χ2n) is 5.08. The fourth-order valence-corrected chi connectivity index (χ4v) is 2.49. The number of hydrogen-bond acceptors (Lipinski definition) is 4. The third kappa shape index (κ3) is 2.78. The molecule has 2 rings (SSSR count). The Balaban J connectivity index is 2.40. The van der Waals surface area contributed by atoms with E-state index in [1.807, 2.05) is 6.92 Å². The van der Waals surface area contributed by atoms with Crippen LogP contribution in [0.4, 0.5) is 0 Å². The highest BCUT2D eigenvalue weighted by Crippen LogP contribution is 2.05. The molecule has 1 atom stereocenters. The summed E-state index contributed by atoms with van der Waals surface area (Å²) >= 11 is 5.75. The first-order valence-corrected chi connectivity index (χ1v) is 7.40. The van der Waals surface area contributed by atoms with Gasteiger partial charge in [0.05, 0.1) is 6.33 Å². The van der Waals surface area contributed by atoms with Gasteiger partial charge in [0.15, 0.2) is 11.2 Å². The van der Waals surface area contributed by atoms with E-state index in [1.54, 1.807) is 0 Å². The number of nitrogens with zero attached hydrogens (tertiary/aromatic N) is 4. The fourth-order valence-electron chi connectivity index (χ4n) is 2.19. The average molecular weight is 328 g/mol. The lowest BCUT2D eigenvalue weighted by molar-refractivity contribution is -0.122. The molecule has 1 unspecified atom stereocenters. The van der Waals surface area contributed by atoms with Crippen LogP contribution in [0.3, 0.4) is 0 Å². The van der Waals surface area contributed by atoms with Crippen molar-refractivity contribution in [3.8, 4) is 0 Å². The smallest absolute Gasteiger partial charge is 0.332 e. The average Bonchev–Trinajstić information content (AvgIpc) is 2.92. The number of alkyl halides is 1. The van der Waals surface area contributed by atoms with E-state index in [1.165, 1.54) is 29.6 Å². The number of fused-ring (bicyclic) bond motifs is 1. The summed E-state index contributed by atoms with van der Waals surface area (Å²) < 4.78 is 3.71. The van der Waals surface area contributed by atoms with E-state index in [0.717, 1.165) is 11.0 Å². The minimum absolute atomic E-state index is 0.0582. The van der Waals surface area contributed by atoms with Crippen LogP contribution in [0.25, 0.3) is 11.2 Å². The summed E-state index contributed by atoms with van der Waals surface area (Å²) in [5.41, 5.74) is -0.461. The number of aromatic nitrogens is 4. The number of nitrogens with one attached hydrogen (secondary N) is 1. The van der Waals surface area contributed by atoms with Gasteiger partial charge in [-0.1, -0.05) is 6.92 Å². The van der Waals surface area contributed by atoms with E-state index >= 15 is 0 Å². The summed E-state index contributed by atoms with van der Waals surface area (Å²) in [6.07, 6.45) is 2.10. The van der Waals surface area contributed by atoms with Crippen molar-refractivity contribution in [2.45, 2.75) is 25.9 Å². The molecule has 22 heavy (non-hydrogen) atoms. The Bertz CT molecular complexity index is 815. The molecule has 0 aliphatic carbocycles. The minimum Gasteiger partial charge on any atom is -0.351 e. The second kappa shape index (κ2) is 6.35. The SMILES string of the molecule is CCC(CCl)NC(=O)Cn1cnc2c1c(=O)n(C)c(=O)n2C. The highest BCUT2D eigenvalue weighted by atomic mass is 35.5. The third-order valence-electron chi connectivity index (χ3n) is 3.58. The lowest BCUT2D eigenvalue weighted by Crippen LogP contribution is -2.39. The van der Waals surface area contributed by atoms with E-state index in [2.05, 4.69) is 10.3 Å². The van der Waals surface area contributed by atoms with Crippen molar-refractivity contribution >= 4 is 28.7 Å². The molecule has 8 nitrogen and oxygen atoms in total. The topological polar surface area (TPSA) is 90.9 Å². The minimum atomic E-state index is -0.479. The Hall–Kier alpha value is -2.09.